The summed E-state index contributed by atoms with van der Waals surface area (Å²) in [6.07, 6.45) is 1.73. The lowest BCUT2D eigenvalue weighted by molar-refractivity contribution is 0.116. The molecule has 2 rings (SSSR count). The van der Waals surface area contributed by atoms with Crippen molar-refractivity contribution in [3.8, 4) is 0 Å². The fraction of sp³-hybridized carbons (Fsp3) is 0.583. The van der Waals surface area contributed by atoms with Crippen LogP contribution in [0.25, 0.3) is 0 Å². The molecule has 2 heterocycles. The van der Waals surface area contributed by atoms with E-state index < -0.39 is 12.5 Å². The standard InChI is InChI=1S/C12H17F2N3/c13-12(14)10(15)7-9-3-4-11(16-8-9)17-5-1-2-6-17/h3-4,8,10,12H,1-2,5-7,15H2. The predicted molar refractivity (Wildman–Crippen MR) is 63.4 cm³/mol. The number of rotatable bonds is 4. The van der Waals surface area contributed by atoms with Gasteiger partial charge >= 0.3 is 0 Å². The molecular weight excluding hydrogens is 224 g/mol. The molecule has 1 saturated heterocycles. The average molecular weight is 241 g/mol. The number of alkyl halides is 2. The summed E-state index contributed by atoms with van der Waals surface area (Å²) >= 11 is 0. The van der Waals surface area contributed by atoms with E-state index in [2.05, 4.69) is 9.88 Å². The summed E-state index contributed by atoms with van der Waals surface area (Å²) in [6.45, 7) is 2.06. The maximum atomic E-state index is 12.3. The van der Waals surface area contributed by atoms with Gasteiger partial charge in [-0.2, -0.15) is 0 Å². The van der Waals surface area contributed by atoms with Crippen molar-refractivity contribution < 1.29 is 8.78 Å². The van der Waals surface area contributed by atoms with Crippen LogP contribution in [0.4, 0.5) is 14.6 Å². The maximum absolute atomic E-state index is 12.3. The first-order valence-corrected chi connectivity index (χ1v) is 5.90. The van der Waals surface area contributed by atoms with Crippen LogP contribution >= 0.6 is 0 Å². The molecule has 1 atom stereocenters. The van der Waals surface area contributed by atoms with E-state index in [0.29, 0.717) is 0 Å². The molecule has 1 aliphatic rings. The topological polar surface area (TPSA) is 42.1 Å². The minimum atomic E-state index is -2.48. The molecule has 0 aromatic carbocycles. The van der Waals surface area contributed by atoms with Gasteiger partial charge in [0.15, 0.2) is 0 Å². The van der Waals surface area contributed by atoms with Crippen molar-refractivity contribution in [2.75, 3.05) is 18.0 Å². The lowest BCUT2D eigenvalue weighted by atomic mass is 10.1. The number of anilines is 1. The van der Waals surface area contributed by atoms with Gasteiger partial charge < -0.3 is 10.6 Å². The van der Waals surface area contributed by atoms with Crippen LogP contribution in [-0.4, -0.2) is 30.5 Å². The van der Waals surface area contributed by atoms with Crippen molar-refractivity contribution >= 4 is 5.82 Å². The van der Waals surface area contributed by atoms with Gasteiger partial charge in [-0.05, 0) is 30.9 Å². The number of aromatic nitrogens is 1. The molecule has 0 saturated carbocycles. The van der Waals surface area contributed by atoms with E-state index in [-0.39, 0.29) is 6.42 Å². The number of nitrogens with zero attached hydrogens (tertiary/aromatic N) is 2. The number of hydrogen-bond donors (Lipinski definition) is 1. The molecule has 0 amide bonds. The maximum Gasteiger partial charge on any atom is 0.253 e. The van der Waals surface area contributed by atoms with E-state index in [1.165, 1.54) is 12.8 Å². The highest BCUT2D eigenvalue weighted by molar-refractivity contribution is 5.40. The van der Waals surface area contributed by atoms with Gasteiger partial charge in [0, 0.05) is 19.3 Å². The Balaban J connectivity index is 1.97. The summed E-state index contributed by atoms with van der Waals surface area (Å²) in [7, 11) is 0. The first-order valence-electron chi connectivity index (χ1n) is 5.90. The van der Waals surface area contributed by atoms with Crippen LogP contribution in [0, 0.1) is 0 Å². The van der Waals surface area contributed by atoms with E-state index >= 15 is 0 Å². The molecule has 3 nitrogen and oxygen atoms in total. The third kappa shape index (κ3) is 3.12. The van der Waals surface area contributed by atoms with Crippen molar-refractivity contribution in [1.82, 2.24) is 4.98 Å². The Hall–Kier alpha value is -1.23. The third-order valence-electron chi connectivity index (χ3n) is 3.03. The second-order valence-corrected chi connectivity index (χ2v) is 4.42. The van der Waals surface area contributed by atoms with Gasteiger partial charge in [-0.1, -0.05) is 6.07 Å². The summed E-state index contributed by atoms with van der Waals surface area (Å²) in [5.41, 5.74) is 6.09. The van der Waals surface area contributed by atoms with E-state index in [1.807, 2.05) is 12.1 Å². The van der Waals surface area contributed by atoms with Crippen molar-refractivity contribution in [2.24, 2.45) is 5.73 Å². The Morgan fingerprint density at radius 1 is 1.29 bits per heavy atom. The zero-order valence-corrected chi connectivity index (χ0v) is 9.65. The summed E-state index contributed by atoms with van der Waals surface area (Å²) < 4.78 is 24.6. The van der Waals surface area contributed by atoms with Gasteiger partial charge in [-0.3, -0.25) is 0 Å². The molecule has 1 aliphatic heterocycles. The highest BCUT2D eigenvalue weighted by Gasteiger charge is 2.17. The molecule has 17 heavy (non-hydrogen) atoms. The summed E-state index contributed by atoms with van der Waals surface area (Å²) in [5, 5.41) is 0. The molecule has 2 N–H and O–H groups in total. The van der Waals surface area contributed by atoms with Crippen molar-refractivity contribution in [3.05, 3.63) is 23.9 Å². The molecule has 0 bridgehead atoms. The van der Waals surface area contributed by atoms with Crippen molar-refractivity contribution in [1.29, 1.82) is 0 Å². The van der Waals surface area contributed by atoms with Crippen LogP contribution in [0.2, 0.25) is 0 Å². The average Bonchev–Trinajstić information content (AvgIpc) is 2.83. The largest absolute Gasteiger partial charge is 0.357 e. The fourth-order valence-electron chi connectivity index (χ4n) is 2.03. The molecule has 1 fully saturated rings. The summed E-state index contributed by atoms with van der Waals surface area (Å²) in [5.74, 6) is 0.928. The fourth-order valence-corrected chi connectivity index (χ4v) is 2.03. The van der Waals surface area contributed by atoms with E-state index in [9.17, 15) is 8.78 Å². The lowest BCUT2D eigenvalue weighted by Gasteiger charge is -2.16. The van der Waals surface area contributed by atoms with Gasteiger partial charge in [0.2, 0.25) is 0 Å². The van der Waals surface area contributed by atoms with Crippen LogP contribution in [0.5, 0.6) is 0 Å². The highest BCUT2D eigenvalue weighted by Crippen LogP contribution is 2.18. The lowest BCUT2D eigenvalue weighted by Crippen LogP contribution is -2.31. The Labute approximate surface area is 99.6 Å². The minimum Gasteiger partial charge on any atom is -0.357 e. The smallest absolute Gasteiger partial charge is 0.253 e. The summed E-state index contributed by atoms with van der Waals surface area (Å²) in [4.78, 5) is 6.50. The van der Waals surface area contributed by atoms with Gasteiger partial charge in [0.05, 0.1) is 6.04 Å². The molecule has 1 aromatic heterocycles. The van der Waals surface area contributed by atoms with Crippen molar-refractivity contribution in [3.63, 3.8) is 0 Å². The van der Waals surface area contributed by atoms with Gasteiger partial charge in [-0.25, -0.2) is 13.8 Å². The van der Waals surface area contributed by atoms with E-state index in [1.54, 1.807) is 6.20 Å². The molecule has 1 unspecified atom stereocenters. The molecular formula is C12H17F2N3. The summed E-state index contributed by atoms with van der Waals surface area (Å²) in [6, 6.07) is 2.62. The van der Waals surface area contributed by atoms with E-state index in [4.69, 9.17) is 5.73 Å². The SMILES string of the molecule is NC(Cc1ccc(N2CCCC2)nc1)C(F)F. The normalized spacial score (nSPS) is 17.8. The van der Waals surface area contributed by atoms with E-state index in [0.717, 1.165) is 24.5 Å². The Morgan fingerprint density at radius 3 is 2.53 bits per heavy atom. The monoisotopic (exact) mass is 241 g/mol. The highest BCUT2D eigenvalue weighted by atomic mass is 19.3. The Kier molecular flexibility index (Phi) is 3.89. The first-order chi connectivity index (χ1) is 8.16. The molecule has 0 spiro atoms. The Bertz CT molecular complexity index is 347. The van der Waals surface area contributed by atoms with Crippen LogP contribution in [0.1, 0.15) is 18.4 Å². The molecule has 0 aliphatic carbocycles. The van der Waals surface area contributed by atoms with Crippen LogP contribution in [0.3, 0.4) is 0 Å². The minimum absolute atomic E-state index is 0.172. The van der Waals surface area contributed by atoms with Gasteiger partial charge in [-0.15, -0.1) is 0 Å². The van der Waals surface area contributed by atoms with Crippen LogP contribution in [-0.2, 0) is 6.42 Å². The predicted octanol–water partition coefficient (Wildman–Crippen LogP) is 1.82. The van der Waals surface area contributed by atoms with Crippen molar-refractivity contribution in [2.45, 2.75) is 31.7 Å². The zero-order chi connectivity index (χ0) is 12.3. The van der Waals surface area contributed by atoms with Gasteiger partial charge in [0.25, 0.3) is 6.43 Å². The Morgan fingerprint density at radius 2 is 2.00 bits per heavy atom. The number of halogens is 2. The second kappa shape index (κ2) is 5.40. The second-order valence-electron chi connectivity index (χ2n) is 4.42. The third-order valence-corrected chi connectivity index (χ3v) is 3.03. The molecule has 0 radical (unpaired) electrons. The van der Waals surface area contributed by atoms with Gasteiger partial charge in [0.1, 0.15) is 5.82 Å². The zero-order valence-electron chi connectivity index (χ0n) is 9.65. The quantitative estimate of drug-likeness (QED) is 0.874. The number of nitrogens with two attached hydrogens (primary N) is 1. The van der Waals surface area contributed by atoms with Crippen LogP contribution < -0.4 is 10.6 Å². The molecule has 94 valence electrons. The van der Waals surface area contributed by atoms with Crippen LogP contribution in [0.15, 0.2) is 18.3 Å². The first kappa shape index (κ1) is 12.2. The number of hydrogen-bond acceptors (Lipinski definition) is 3. The molecule has 1 aromatic rings. The number of pyridine rings is 1. The molecule has 5 heteroatoms.